The van der Waals surface area contributed by atoms with Gasteiger partial charge in [0, 0.05) is 11.8 Å². The van der Waals surface area contributed by atoms with Crippen LogP contribution >= 0.6 is 0 Å². The summed E-state index contributed by atoms with van der Waals surface area (Å²) in [5, 5.41) is 120. The van der Waals surface area contributed by atoms with Crippen LogP contribution in [0.5, 0.6) is 0 Å². The van der Waals surface area contributed by atoms with Crippen LogP contribution in [0.2, 0.25) is 0 Å². The highest BCUT2D eigenvalue weighted by molar-refractivity contribution is 5.28. The lowest BCUT2D eigenvalue weighted by molar-refractivity contribution is -0.374. The van der Waals surface area contributed by atoms with Crippen LogP contribution in [0.1, 0.15) is 99.8 Å². The van der Waals surface area contributed by atoms with Crippen molar-refractivity contribution >= 4 is 0 Å². The van der Waals surface area contributed by atoms with Gasteiger partial charge in [-0.2, -0.15) is 0 Å². The number of fused-ring (bicyclic) bond motifs is 5. The number of hydrogen-bond donors (Lipinski definition) is 11. The number of aliphatic hydroxyl groups excluding tert-OH is 11. The van der Waals surface area contributed by atoms with E-state index >= 15 is 0 Å². The second-order valence-electron chi connectivity index (χ2n) is 20.9. The highest BCUT2D eigenvalue weighted by Crippen LogP contribution is 2.68. The molecule has 26 unspecified atom stereocenters. The summed E-state index contributed by atoms with van der Waals surface area (Å²) in [4.78, 5) is 0. The fourth-order valence-electron chi connectivity index (χ4n) is 13.0. The topological polar surface area (TPSA) is 278 Å². The molecular weight excluding hydrogens is 812 g/mol. The molecule has 11 N–H and O–H groups in total. The molecule has 0 bridgehead atoms. The van der Waals surface area contributed by atoms with Crippen molar-refractivity contribution in [3.8, 4) is 0 Å². The van der Waals surface area contributed by atoms with Gasteiger partial charge in [0.2, 0.25) is 0 Å². The number of rotatable bonds is 12. The monoisotopic (exact) mass is 889 g/mol. The van der Waals surface area contributed by atoms with Crippen molar-refractivity contribution in [2.75, 3.05) is 6.61 Å². The fraction of sp³-hybridized carbons (Fsp3) is 0.956. The van der Waals surface area contributed by atoms with E-state index in [-0.39, 0.29) is 41.4 Å². The van der Waals surface area contributed by atoms with E-state index in [0.29, 0.717) is 25.2 Å². The predicted octanol–water partition coefficient (Wildman–Crippen LogP) is -0.171. The van der Waals surface area contributed by atoms with E-state index < -0.39 is 129 Å². The van der Waals surface area contributed by atoms with Gasteiger partial charge in [-0.25, -0.2) is 0 Å². The van der Waals surface area contributed by atoms with Crippen molar-refractivity contribution in [1.29, 1.82) is 0 Å². The Hall–Kier alpha value is -0.940. The fourth-order valence-corrected chi connectivity index (χ4v) is 13.0. The Kier molecular flexibility index (Phi) is 15.0. The summed E-state index contributed by atoms with van der Waals surface area (Å²) < 4.78 is 37.4. The maximum Gasteiger partial charge on any atom is 0.187 e. The summed E-state index contributed by atoms with van der Waals surface area (Å²) in [7, 11) is 0. The van der Waals surface area contributed by atoms with E-state index in [1.54, 1.807) is 6.92 Å². The standard InChI is InChI=1S/C45H76O17/c1-18(2)8-11-27(48)19(3)31-28(59-41-38(55)35(52)32(49)20(4)57-41)16-26-24-10-9-22-14-23(47)15-30(45(22,7)25(24)12-13-44(26,31)6)61-43-40(37(54)34(51)29(17-46)60-43)62-42-39(56)36(53)33(50)21(5)58-42/h9,18-21,23-43,46-56H,8,10-17H2,1-7H3. The van der Waals surface area contributed by atoms with Gasteiger partial charge in [0.1, 0.15) is 61.0 Å². The van der Waals surface area contributed by atoms with Crippen LogP contribution in [0, 0.1) is 46.3 Å². The van der Waals surface area contributed by atoms with Gasteiger partial charge in [0.05, 0.1) is 43.2 Å². The first-order chi connectivity index (χ1) is 29.1. The van der Waals surface area contributed by atoms with Crippen molar-refractivity contribution in [2.24, 2.45) is 46.3 Å². The summed E-state index contributed by atoms with van der Waals surface area (Å²) in [6.07, 6.45) is -16.5. The molecule has 7 aliphatic rings. The highest BCUT2D eigenvalue weighted by Gasteiger charge is 2.65. The number of aliphatic hydroxyl groups is 11. The highest BCUT2D eigenvalue weighted by atomic mass is 16.8. The van der Waals surface area contributed by atoms with Crippen molar-refractivity contribution < 1.29 is 84.6 Å². The molecule has 3 heterocycles. The van der Waals surface area contributed by atoms with Crippen LogP contribution in [0.4, 0.5) is 0 Å². The van der Waals surface area contributed by atoms with E-state index in [1.165, 1.54) is 6.92 Å². The molecule has 7 rings (SSSR count). The third-order valence-electron chi connectivity index (χ3n) is 16.8. The van der Waals surface area contributed by atoms with Crippen molar-refractivity contribution in [3.05, 3.63) is 11.6 Å². The van der Waals surface area contributed by atoms with Crippen LogP contribution in [0.3, 0.4) is 0 Å². The predicted molar refractivity (Wildman–Crippen MR) is 218 cm³/mol. The molecule has 0 radical (unpaired) electrons. The molecular formula is C45H76O17. The quantitative estimate of drug-likeness (QED) is 0.114. The van der Waals surface area contributed by atoms with Crippen LogP contribution < -0.4 is 0 Å². The molecule has 17 nitrogen and oxygen atoms in total. The minimum atomic E-state index is -1.73. The first kappa shape index (κ1) is 49.0. The SMILES string of the molecule is CC(C)CCC(O)C(C)C1C(OC2OC(C)C(O)C(O)C2O)CC2C3CC=C4CC(O)CC(OC5OC(CO)C(O)C(O)C5OC5OC(C)C(O)C(O)C5O)C4(C)C3CCC21C. The van der Waals surface area contributed by atoms with E-state index in [2.05, 4.69) is 40.7 Å². The Balaban J connectivity index is 1.19. The van der Waals surface area contributed by atoms with Gasteiger partial charge < -0.3 is 84.6 Å². The Bertz CT molecular complexity index is 1540. The minimum Gasteiger partial charge on any atom is -0.394 e. The van der Waals surface area contributed by atoms with Crippen LogP contribution in [-0.2, 0) is 28.4 Å². The number of ether oxygens (including phenoxy) is 6. The van der Waals surface area contributed by atoms with Crippen molar-refractivity contribution in [2.45, 2.75) is 216 Å². The van der Waals surface area contributed by atoms with Gasteiger partial charge in [-0.1, -0.05) is 46.3 Å². The smallest absolute Gasteiger partial charge is 0.187 e. The second kappa shape index (κ2) is 19.0. The van der Waals surface area contributed by atoms with Crippen molar-refractivity contribution in [3.63, 3.8) is 0 Å². The van der Waals surface area contributed by atoms with Gasteiger partial charge in [0.25, 0.3) is 0 Å². The summed E-state index contributed by atoms with van der Waals surface area (Å²) in [5.74, 6) is 0.228. The molecule has 6 fully saturated rings. The van der Waals surface area contributed by atoms with E-state index in [1.807, 2.05) is 0 Å². The van der Waals surface area contributed by atoms with Gasteiger partial charge in [0.15, 0.2) is 18.9 Å². The Morgan fingerprint density at radius 1 is 0.710 bits per heavy atom. The van der Waals surface area contributed by atoms with Gasteiger partial charge >= 0.3 is 0 Å². The van der Waals surface area contributed by atoms with Gasteiger partial charge in [-0.3, -0.25) is 0 Å². The molecule has 358 valence electrons. The van der Waals surface area contributed by atoms with Crippen LogP contribution in [0.25, 0.3) is 0 Å². The molecule has 0 aromatic heterocycles. The molecule has 0 amide bonds. The molecule has 17 heteroatoms. The molecule has 3 saturated carbocycles. The molecule has 3 aliphatic heterocycles. The van der Waals surface area contributed by atoms with E-state index in [4.69, 9.17) is 28.4 Å². The zero-order valence-corrected chi connectivity index (χ0v) is 37.2. The normalized spacial score (nSPS) is 53.0. The molecule has 4 aliphatic carbocycles. The molecule has 0 spiro atoms. The zero-order chi connectivity index (χ0) is 45.3. The molecule has 3 saturated heterocycles. The maximum atomic E-state index is 11.7. The first-order valence-electron chi connectivity index (χ1n) is 23.2. The first-order valence-corrected chi connectivity index (χ1v) is 23.2. The number of hydrogen-bond acceptors (Lipinski definition) is 17. The maximum absolute atomic E-state index is 11.7. The summed E-state index contributed by atoms with van der Waals surface area (Å²) in [5.41, 5.74) is 0.0176. The Morgan fingerprint density at radius 2 is 1.32 bits per heavy atom. The third-order valence-corrected chi connectivity index (χ3v) is 16.8. The van der Waals surface area contributed by atoms with Crippen molar-refractivity contribution in [1.82, 2.24) is 0 Å². The van der Waals surface area contributed by atoms with Gasteiger partial charge in [-0.15, -0.1) is 0 Å². The Morgan fingerprint density at radius 3 is 1.92 bits per heavy atom. The Labute approximate surface area is 364 Å². The lowest BCUT2D eigenvalue weighted by Gasteiger charge is -2.60. The van der Waals surface area contributed by atoms with E-state index in [9.17, 15) is 56.2 Å². The summed E-state index contributed by atoms with van der Waals surface area (Å²) >= 11 is 0. The average Bonchev–Trinajstić information content (AvgIpc) is 3.53. The second-order valence-corrected chi connectivity index (χ2v) is 20.9. The molecule has 0 aromatic rings. The third kappa shape index (κ3) is 8.72. The zero-order valence-electron chi connectivity index (χ0n) is 37.2. The molecule has 0 aromatic carbocycles. The summed E-state index contributed by atoms with van der Waals surface area (Å²) in [6, 6.07) is 0. The summed E-state index contributed by atoms with van der Waals surface area (Å²) in [6.45, 7) is 13.2. The van der Waals surface area contributed by atoms with Crippen LogP contribution in [-0.4, -0.2) is 179 Å². The molecule has 26 atom stereocenters. The lowest BCUT2D eigenvalue weighted by Crippen LogP contribution is -2.65. The van der Waals surface area contributed by atoms with Gasteiger partial charge in [-0.05, 0) is 99.7 Å². The van der Waals surface area contributed by atoms with Crippen LogP contribution in [0.15, 0.2) is 11.6 Å². The lowest BCUT2D eigenvalue weighted by atomic mass is 9.46. The number of allylic oxidation sites excluding steroid dienone is 1. The average molecular weight is 889 g/mol. The largest absolute Gasteiger partial charge is 0.394 e. The molecule has 62 heavy (non-hydrogen) atoms. The van der Waals surface area contributed by atoms with E-state index in [0.717, 1.165) is 31.3 Å². The minimum absolute atomic E-state index is 0.0141.